The average molecular weight is 382 g/mol. The molecule has 1 fully saturated rings. The van der Waals surface area contributed by atoms with Gasteiger partial charge in [-0.1, -0.05) is 42.0 Å². The number of nitrogens with one attached hydrogen (secondary N) is 1. The van der Waals surface area contributed by atoms with E-state index in [9.17, 15) is 14.0 Å². The molecule has 1 aliphatic heterocycles. The summed E-state index contributed by atoms with van der Waals surface area (Å²) in [5.41, 5.74) is 2.44. The molecule has 0 unspecified atom stereocenters. The van der Waals surface area contributed by atoms with Crippen LogP contribution >= 0.6 is 0 Å². The number of aryl methyl sites for hydroxylation is 1. The van der Waals surface area contributed by atoms with E-state index in [1.54, 1.807) is 17.0 Å². The van der Waals surface area contributed by atoms with Crippen LogP contribution in [0.25, 0.3) is 0 Å². The number of halogens is 1. The fourth-order valence-electron chi connectivity index (χ4n) is 3.59. The number of piperidine rings is 1. The summed E-state index contributed by atoms with van der Waals surface area (Å²) in [6.45, 7) is 6.66. The van der Waals surface area contributed by atoms with Crippen molar-refractivity contribution >= 4 is 11.8 Å². The Morgan fingerprint density at radius 1 is 1.21 bits per heavy atom. The zero-order valence-corrected chi connectivity index (χ0v) is 16.7. The van der Waals surface area contributed by atoms with Gasteiger partial charge in [0.2, 0.25) is 11.8 Å². The highest BCUT2D eigenvalue weighted by molar-refractivity contribution is 5.84. The molecule has 1 N–H and O–H groups in total. The molecule has 0 bridgehead atoms. The van der Waals surface area contributed by atoms with Gasteiger partial charge in [0, 0.05) is 19.5 Å². The highest BCUT2D eigenvalue weighted by Gasteiger charge is 2.33. The first-order valence-corrected chi connectivity index (χ1v) is 9.66. The molecule has 1 saturated heterocycles. The Kier molecular flexibility index (Phi) is 5.82. The van der Waals surface area contributed by atoms with Crippen molar-refractivity contribution in [2.24, 2.45) is 5.92 Å². The van der Waals surface area contributed by atoms with Gasteiger partial charge in [-0.3, -0.25) is 9.59 Å². The molecule has 0 aromatic heterocycles. The molecule has 0 radical (unpaired) electrons. The largest absolute Gasteiger partial charge is 0.347 e. The third-order valence-electron chi connectivity index (χ3n) is 5.34. The van der Waals surface area contributed by atoms with Gasteiger partial charge in [-0.25, -0.2) is 4.39 Å². The number of rotatable bonds is 5. The molecule has 2 amide bonds. The van der Waals surface area contributed by atoms with E-state index in [1.807, 2.05) is 45.0 Å². The predicted molar refractivity (Wildman–Crippen MR) is 107 cm³/mol. The van der Waals surface area contributed by atoms with E-state index in [0.717, 1.165) is 11.1 Å². The van der Waals surface area contributed by atoms with Gasteiger partial charge in [-0.15, -0.1) is 0 Å². The van der Waals surface area contributed by atoms with Crippen molar-refractivity contribution in [3.63, 3.8) is 0 Å². The monoisotopic (exact) mass is 382 g/mol. The minimum Gasteiger partial charge on any atom is -0.347 e. The van der Waals surface area contributed by atoms with Crippen molar-refractivity contribution in [2.45, 2.75) is 45.7 Å². The molecule has 28 heavy (non-hydrogen) atoms. The molecule has 2 aromatic rings. The number of benzene rings is 2. The predicted octanol–water partition coefficient (Wildman–Crippen LogP) is 3.92. The summed E-state index contributed by atoms with van der Waals surface area (Å²) in [5, 5.41) is 3.13. The lowest BCUT2D eigenvalue weighted by molar-refractivity contribution is -0.139. The maximum absolute atomic E-state index is 13.4. The summed E-state index contributed by atoms with van der Waals surface area (Å²) in [6, 6.07) is 14.3. The fraction of sp³-hybridized carbons (Fsp3) is 0.391. The first-order valence-electron chi connectivity index (χ1n) is 9.66. The second-order valence-electron chi connectivity index (χ2n) is 8.12. The number of nitrogens with zero attached hydrogens (tertiary/aromatic N) is 1. The topological polar surface area (TPSA) is 49.4 Å². The third-order valence-corrected chi connectivity index (χ3v) is 5.34. The van der Waals surface area contributed by atoms with Crippen molar-refractivity contribution in [1.82, 2.24) is 10.2 Å². The number of hydrogen-bond acceptors (Lipinski definition) is 2. The molecule has 1 aliphatic rings. The molecule has 3 rings (SSSR count). The summed E-state index contributed by atoms with van der Waals surface area (Å²) in [7, 11) is 0. The van der Waals surface area contributed by atoms with Gasteiger partial charge in [-0.2, -0.15) is 0 Å². The van der Waals surface area contributed by atoms with Crippen molar-refractivity contribution in [1.29, 1.82) is 0 Å². The van der Waals surface area contributed by atoms with E-state index >= 15 is 0 Å². The maximum Gasteiger partial charge on any atom is 0.225 e. The molecule has 4 nitrogen and oxygen atoms in total. The summed E-state index contributed by atoms with van der Waals surface area (Å²) in [4.78, 5) is 26.8. The lowest BCUT2D eigenvalue weighted by Crippen LogP contribution is -2.49. The van der Waals surface area contributed by atoms with Crippen LogP contribution in [0, 0.1) is 18.7 Å². The molecule has 0 saturated carbocycles. The van der Waals surface area contributed by atoms with Crippen molar-refractivity contribution in [2.75, 3.05) is 6.54 Å². The molecule has 0 spiro atoms. The minimum atomic E-state index is -0.500. The normalized spacial score (nSPS) is 17.5. The maximum atomic E-state index is 13.4. The molecule has 0 aliphatic carbocycles. The van der Waals surface area contributed by atoms with Crippen molar-refractivity contribution in [3.8, 4) is 0 Å². The van der Waals surface area contributed by atoms with Crippen LogP contribution in [0.4, 0.5) is 4.39 Å². The summed E-state index contributed by atoms with van der Waals surface area (Å²) < 4.78 is 13.4. The van der Waals surface area contributed by atoms with Gasteiger partial charge >= 0.3 is 0 Å². The van der Waals surface area contributed by atoms with Gasteiger partial charge < -0.3 is 10.2 Å². The van der Waals surface area contributed by atoms with Gasteiger partial charge in [0.05, 0.1) is 11.5 Å². The molecule has 148 valence electrons. The Balaban J connectivity index is 1.66. The van der Waals surface area contributed by atoms with E-state index < -0.39 is 5.54 Å². The van der Waals surface area contributed by atoms with E-state index in [-0.39, 0.29) is 23.5 Å². The standard InChI is InChI=1S/C23H27FN2O2/c1-16-7-10-19(11-8-16)23(2,3)25-22(28)18-9-12-21(27)26(15-18)14-17-5-4-6-20(24)13-17/h4-8,10-11,13,18H,9,12,14-15H2,1-3H3,(H,25,28)/t18-/m0/s1. The van der Waals surface area contributed by atoms with Crippen LogP contribution in [-0.4, -0.2) is 23.3 Å². The minimum absolute atomic E-state index is 0.00565. The van der Waals surface area contributed by atoms with Crippen molar-refractivity contribution < 1.29 is 14.0 Å². The van der Waals surface area contributed by atoms with Crippen LogP contribution in [0.1, 0.15) is 43.4 Å². The van der Waals surface area contributed by atoms with Gasteiger partial charge in [0.15, 0.2) is 0 Å². The van der Waals surface area contributed by atoms with Crippen LogP contribution in [0.5, 0.6) is 0 Å². The Bertz CT molecular complexity index is 861. The molecule has 5 heteroatoms. The Hall–Kier alpha value is -2.69. The SMILES string of the molecule is Cc1ccc(C(C)(C)NC(=O)[C@H]2CCC(=O)N(Cc3cccc(F)c3)C2)cc1. The van der Waals surface area contributed by atoms with E-state index in [1.165, 1.54) is 17.7 Å². The molecule has 2 aromatic carbocycles. The number of hydrogen-bond donors (Lipinski definition) is 1. The first-order chi connectivity index (χ1) is 13.2. The number of likely N-dealkylation sites (tertiary alicyclic amines) is 1. The Morgan fingerprint density at radius 2 is 1.93 bits per heavy atom. The lowest BCUT2D eigenvalue weighted by Gasteiger charge is -2.35. The number of amides is 2. The van der Waals surface area contributed by atoms with Gasteiger partial charge in [0.25, 0.3) is 0 Å². The average Bonchev–Trinajstić information content (AvgIpc) is 2.63. The zero-order chi connectivity index (χ0) is 20.3. The van der Waals surface area contributed by atoms with Crippen LogP contribution in [0.3, 0.4) is 0 Å². The summed E-state index contributed by atoms with van der Waals surface area (Å²) >= 11 is 0. The van der Waals surface area contributed by atoms with Crippen molar-refractivity contribution in [3.05, 3.63) is 71.0 Å². The van der Waals surface area contributed by atoms with E-state index in [0.29, 0.717) is 25.9 Å². The van der Waals surface area contributed by atoms with Gasteiger partial charge in [-0.05, 0) is 50.5 Å². The quantitative estimate of drug-likeness (QED) is 0.852. The van der Waals surface area contributed by atoms with E-state index in [2.05, 4.69) is 5.32 Å². The van der Waals surface area contributed by atoms with Crippen LogP contribution in [0.2, 0.25) is 0 Å². The zero-order valence-electron chi connectivity index (χ0n) is 16.7. The van der Waals surface area contributed by atoms with Crippen LogP contribution in [0.15, 0.2) is 48.5 Å². The molecule has 1 heterocycles. The molecular formula is C23H27FN2O2. The van der Waals surface area contributed by atoms with Gasteiger partial charge in [0.1, 0.15) is 5.82 Å². The first kappa shape index (κ1) is 20.1. The second kappa shape index (κ2) is 8.13. The number of carbonyl (C=O) groups excluding carboxylic acids is 2. The Labute approximate surface area is 165 Å². The molecular weight excluding hydrogens is 355 g/mol. The summed E-state index contributed by atoms with van der Waals surface area (Å²) in [5.74, 6) is -0.638. The van der Waals surface area contributed by atoms with Crippen LogP contribution in [-0.2, 0) is 21.7 Å². The lowest BCUT2D eigenvalue weighted by atomic mass is 9.90. The van der Waals surface area contributed by atoms with Crippen LogP contribution < -0.4 is 5.32 Å². The smallest absolute Gasteiger partial charge is 0.225 e. The van der Waals surface area contributed by atoms with E-state index in [4.69, 9.17) is 0 Å². The second-order valence-corrected chi connectivity index (χ2v) is 8.12. The highest BCUT2D eigenvalue weighted by Crippen LogP contribution is 2.24. The highest BCUT2D eigenvalue weighted by atomic mass is 19.1. The third kappa shape index (κ3) is 4.77. The fourth-order valence-corrected chi connectivity index (χ4v) is 3.59. The molecule has 1 atom stereocenters. The number of carbonyl (C=O) groups is 2. The Morgan fingerprint density at radius 3 is 2.61 bits per heavy atom. The summed E-state index contributed by atoms with van der Waals surface area (Å²) in [6.07, 6.45) is 0.868.